The summed E-state index contributed by atoms with van der Waals surface area (Å²) in [6, 6.07) is 4.51. The van der Waals surface area contributed by atoms with Gasteiger partial charge in [0.15, 0.2) is 6.61 Å². The lowest BCUT2D eigenvalue weighted by molar-refractivity contribution is -0.153. The van der Waals surface area contributed by atoms with Gasteiger partial charge in [0.2, 0.25) is 0 Å². The van der Waals surface area contributed by atoms with Crippen LogP contribution in [0, 0.1) is 0 Å². The highest BCUT2D eigenvalue weighted by molar-refractivity contribution is 7.18. The number of halogens is 4. The zero-order valence-corrected chi connectivity index (χ0v) is 17.9. The van der Waals surface area contributed by atoms with E-state index in [1.54, 1.807) is 12.3 Å². The van der Waals surface area contributed by atoms with E-state index in [0.29, 0.717) is 46.0 Å². The molecule has 3 rings (SSSR count). The van der Waals surface area contributed by atoms with E-state index in [-0.39, 0.29) is 10.8 Å². The van der Waals surface area contributed by atoms with Gasteiger partial charge in [-0.15, -0.1) is 11.3 Å². The molecule has 0 spiro atoms. The van der Waals surface area contributed by atoms with Crippen LogP contribution in [0.2, 0.25) is 5.02 Å². The molecule has 0 bridgehead atoms. The van der Waals surface area contributed by atoms with E-state index in [1.807, 2.05) is 13.8 Å². The number of alkyl halides is 3. The van der Waals surface area contributed by atoms with Crippen molar-refractivity contribution in [1.82, 2.24) is 9.97 Å². The van der Waals surface area contributed by atoms with Crippen molar-refractivity contribution < 1.29 is 27.8 Å². The van der Waals surface area contributed by atoms with E-state index in [2.05, 4.69) is 9.97 Å². The number of aliphatic hydroxyl groups is 1. The number of thiazole rings is 1. The maximum absolute atomic E-state index is 12.5. The molecule has 0 aliphatic carbocycles. The van der Waals surface area contributed by atoms with E-state index >= 15 is 0 Å². The average molecular weight is 461 g/mol. The van der Waals surface area contributed by atoms with Gasteiger partial charge in [0, 0.05) is 18.5 Å². The van der Waals surface area contributed by atoms with Crippen molar-refractivity contribution >= 4 is 33.2 Å². The number of ether oxygens (including phenoxy) is 2. The summed E-state index contributed by atoms with van der Waals surface area (Å²) in [6.07, 6.45) is -0.368. The molecular weight excluding hydrogens is 441 g/mol. The molecule has 0 saturated heterocycles. The minimum absolute atomic E-state index is 0.0130. The fourth-order valence-corrected chi connectivity index (χ4v) is 4.39. The highest BCUT2D eigenvalue weighted by Gasteiger charge is 2.37. The number of pyridine rings is 1. The molecule has 0 radical (unpaired) electrons. The van der Waals surface area contributed by atoms with E-state index in [1.165, 1.54) is 18.3 Å². The average Bonchev–Trinajstić information content (AvgIpc) is 3.09. The van der Waals surface area contributed by atoms with Crippen molar-refractivity contribution in [2.45, 2.75) is 38.5 Å². The molecule has 2 aromatic heterocycles. The minimum Gasteiger partial charge on any atom is -0.493 e. The van der Waals surface area contributed by atoms with E-state index in [9.17, 15) is 18.3 Å². The van der Waals surface area contributed by atoms with Crippen LogP contribution >= 0.6 is 22.9 Å². The predicted molar refractivity (Wildman–Crippen MR) is 109 cm³/mol. The second-order valence-electron chi connectivity index (χ2n) is 6.59. The van der Waals surface area contributed by atoms with Gasteiger partial charge in [-0.1, -0.05) is 24.9 Å². The van der Waals surface area contributed by atoms with Crippen LogP contribution in [-0.2, 0) is 5.60 Å². The van der Waals surface area contributed by atoms with Crippen LogP contribution in [0.5, 0.6) is 11.5 Å². The Balaban J connectivity index is 2.06. The molecule has 0 saturated carbocycles. The maximum atomic E-state index is 12.5. The molecule has 10 heteroatoms. The molecular formula is C20H20ClF3N2O3S. The fraction of sp³-hybridized carbons (Fsp3) is 0.400. The predicted octanol–water partition coefficient (Wildman–Crippen LogP) is 5.72. The molecule has 30 heavy (non-hydrogen) atoms. The Hall–Kier alpha value is -2.10. The SMILES string of the molecule is CCCC(O)(c1nc2cc(Cl)c(OCC(F)(F)F)cc2s1)c1cnccc1OCC. The summed E-state index contributed by atoms with van der Waals surface area (Å²) in [5.74, 6) is 0.405. The molecule has 1 aromatic carbocycles. The van der Waals surface area contributed by atoms with E-state index in [4.69, 9.17) is 21.1 Å². The van der Waals surface area contributed by atoms with Gasteiger partial charge in [0.1, 0.15) is 22.1 Å². The Labute approximate surface area is 180 Å². The zero-order valence-electron chi connectivity index (χ0n) is 16.3. The smallest absolute Gasteiger partial charge is 0.422 e. The van der Waals surface area contributed by atoms with Crippen LogP contribution in [0.25, 0.3) is 10.2 Å². The Kier molecular flexibility index (Phi) is 6.74. The monoisotopic (exact) mass is 460 g/mol. The number of nitrogens with zero attached hydrogens (tertiary/aromatic N) is 2. The van der Waals surface area contributed by atoms with E-state index < -0.39 is 18.4 Å². The summed E-state index contributed by atoms with van der Waals surface area (Å²) < 4.78 is 48.5. The summed E-state index contributed by atoms with van der Waals surface area (Å²) in [7, 11) is 0. The first kappa shape index (κ1) is 22.6. The van der Waals surface area contributed by atoms with Gasteiger partial charge in [0.05, 0.1) is 27.4 Å². The van der Waals surface area contributed by atoms with Crippen molar-refractivity contribution in [2.24, 2.45) is 0 Å². The molecule has 2 heterocycles. The van der Waals surface area contributed by atoms with Crippen molar-refractivity contribution in [3.63, 3.8) is 0 Å². The lowest BCUT2D eigenvalue weighted by Gasteiger charge is -2.27. The van der Waals surface area contributed by atoms with Crippen LogP contribution in [0.1, 0.15) is 37.3 Å². The van der Waals surface area contributed by atoms with Crippen molar-refractivity contribution in [2.75, 3.05) is 13.2 Å². The Morgan fingerprint density at radius 1 is 1.17 bits per heavy atom. The lowest BCUT2D eigenvalue weighted by Crippen LogP contribution is -2.28. The molecule has 0 amide bonds. The minimum atomic E-state index is -4.48. The van der Waals surface area contributed by atoms with Crippen LogP contribution < -0.4 is 9.47 Å². The van der Waals surface area contributed by atoms with Gasteiger partial charge >= 0.3 is 6.18 Å². The third-order valence-corrected chi connectivity index (χ3v) is 5.79. The van der Waals surface area contributed by atoms with Crippen LogP contribution in [0.3, 0.4) is 0 Å². The molecule has 5 nitrogen and oxygen atoms in total. The van der Waals surface area contributed by atoms with Gasteiger partial charge in [-0.25, -0.2) is 4.98 Å². The standard InChI is InChI=1S/C20H20ClF3N2O3S/c1-3-6-19(27,12-10-25-7-5-15(12)28-4-2)18-26-14-8-13(21)16(9-17(14)30-18)29-11-20(22,23)24/h5,7-10,27H,3-4,6,11H2,1-2H3. The van der Waals surface area contributed by atoms with E-state index in [0.717, 1.165) is 11.3 Å². The topological polar surface area (TPSA) is 64.5 Å². The number of fused-ring (bicyclic) bond motifs is 1. The Bertz CT molecular complexity index is 1030. The van der Waals surface area contributed by atoms with Gasteiger partial charge in [-0.3, -0.25) is 4.98 Å². The Morgan fingerprint density at radius 2 is 1.93 bits per heavy atom. The van der Waals surface area contributed by atoms with Crippen molar-refractivity contribution in [3.05, 3.63) is 46.2 Å². The van der Waals surface area contributed by atoms with Crippen molar-refractivity contribution in [1.29, 1.82) is 0 Å². The largest absolute Gasteiger partial charge is 0.493 e. The zero-order chi connectivity index (χ0) is 21.9. The summed E-state index contributed by atoms with van der Waals surface area (Å²) in [4.78, 5) is 8.63. The van der Waals surface area contributed by atoms with Gasteiger partial charge in [-0.2, -0.15) is 13.2 Å². The highest BCUT2D eigenvalue weighted by Crippen LogP contribution is 2.43. The number of aromatic nitrogens is 2. The van der Waals surface area contributed by atoms with Gasteiger partial charge < -0.3 is 14.6 Å². The second-order valence-corrected chi connectivity index (χ2v) is 8.03. The normalized spacial score (nSPS) is 14.0. The number of rotatable bonds is 8. The lowest BCUT2D eigenvalue weighted by atomic mass is 9.90. The highest BCUT2D eigenvalue weighted by atomic mass is 35.5. The summed E-state index contributed by atoms with van der Waals surface area (Å²) in [6.45, 7) is 2.73. The fourth-order valence-electron chi connectivity index (χ4n) is 3.07. The van der Waals surface area contributed by atoms with Crippen LogP contribution in [-0.4, -0.2) is 34.5 Å². The molecule has 0 aliphatic rings. The molecule has 162 valence electrons. The summed E-state index contributed by atoms with van der Waals surface area (Å²) in [5, 5.41) is 12.0. The maximum Gasteiger partial charge on any atom is 0.422 e. The number of benzene rings is 1. The summed E-state index contributed by atoms with van der Waals surface area (Å²) in [5.41, 5.74) is -0.542. The first-order valence-electron chi connectivity index (χ1n) is 9.27. The van der Waals surface area contributed by atoms with Gasteiger partial charge in [-0.05, 0) is 25.5 Å². The second kappa shape index (κ2) is 8.95. The molecule has 1 atom stereocenters. The van der Waals surface area contributed by atoms with Crippen LogP contribution in [0.4, 0.5) is 13.2 Å². The molecule has 1 N–H and O–H groups in total. The molecule has 0 aliphatic heterocycles. The Morgan fingerprint density at radius 3 is 2.60 bits per heavy atom. The first-order valence-corrected chi connectivity index (χ1v) is 10.5. The number of hydrogen-bond acceptors (Lipinski definition) is 6. The quantitative estimate of drug-likeness (QED) is 0.465. The van der Waals surface area contributed by atoms with Gasteiger partial charge in [0.25, 0.3) is 0 Å². The summed E-state index contributed by atoms with van der Waals surface area (Å²) >= 11 is 7.24. The third kappa shape index (κ3) is 4.79. The molecule has 0 fully saturated rings. The number of hydrogen-bond donors (Lipinski definition) is 1. The van der Waals surface area contributed by atoms with Crippen LogP contribution in [0.15, 0.2) is 30.6 Å². The molecule has 3 aromatic rings. The molecule has 1 unspecified atom stereocenters. The third-order valence-electron chi connectivity index (χ3n) is 4.33. The first-order chi connectivity index (χ1) is 14.2. The van der Waals surface area contributed by atoms with Crippen molar-refractivity contribution in [3.8, 4) is 11.5 Å².